The molecule has 0 saturated carbocycles. The minimum Gasteiger partial charge on any atom is -0.352 e. The van der Waals surface area contributed by atoms with Crippen molar-refractivity contribution in [2.24, 2.45) is 5.92 Å². The molecule has 0 spiro atoms. The largest absolute Gasteiger partial charge is 0.352 e. The molecule has 5 heteroatoms. The highest BCUT2D eigenvalue weighted by molar-refractivity contribution is 7.22. The molecule has 1 unspecified atom stereocenters. The van der Waals surface area contributed by atoms with Crippen molar-refractivity contribution in [3.63, 3.8) is 0 Å². The van der Waals surface area contributed by atoms with Crippen LogP contribution in [0, 0.1) is 12.8 Å². The number of aromatic nitrogens is 1. The summed E-state index contributed by atoms with van der Waals surface area (Å²) < 4.78 is 1.22. The number of benzene rings is 1. The predicted molar refractivity (Wildman–Crippen MR) is 92.5 cm³/mol. The lowest BCUT2D eigenvalue weighted by molar-refractivity contribution is -0.125. The molecule has 0 bridgehead atoms. The number of aryl methyl sites for hydroxylation is 1. The third kappa shape index (κ3) is 3.14. The summed E-state index contributed by atoms with van der Waals surface area (Å²) in [5, 5.41) is 3.94. The van der Waals surface area contributed by atoms with Crippen LogP contribution in [0.1, 0.15) is 18.4 Å². The van der Waals surface area contributed by atoms with E-state index in [1.807, 2.05) is 0 Å². The zero-order valence-electron chi connectivity index (χ0n) is 12.8. The van der Waals surface area contributed by atoms with Crippen LogP contribution in [0.5, 0.6) is 0 Å². The zero-order chi connectivity index (χ0) is 15.5. The van der Waals surface area contributed by atoms with Crippen molar-refractivity contribution in [1.29, 1.82) is 0 Å². The Bertz CT molecular complexity index is 694. The fourth-order valence-corrected chi connectivity index (χ4v) is 3.94. The second kappa shape index (κ2) is 6.48. The highest BCUT2D eigenvalue weighted by Crippen LogP contribution is 2.32. The van der Waals surface area contributed by atoms with Crippen LogP contribution < -0.4 is 10.2 Å². The number of nitrogens with zero attached hydrogens (tertiary/aromatic N) is 2. The number of hydrogen-bond donors (Lipinski definition) is 1. The maximum absolute atomic E-state index is 12.1. The molecule has 116 valence electrons. The first-order valence-corrected chi connectivity index (χ1v) is 8.50. The van der Waals surface area contributed by atoms with E-state index >= 15 is 0 Å². The van der Waals surface area contributed by atoms with Gasteiger partial charge in [0.05, 0.1) is 16.1 Å². The minimum absolute atomic E-state index is 0.0439. The molecule has 1 aromatic heterocycles. The average molecular weight is 315 g/mol. The zero-order valence-corrected chi connectivity index (χ0v) is 13.7. The van der Waals surface area contributed by atoms with Crippen LogP contribution in [0.4, 0.5) is 5.13 Å². The molecule has 1 atom stereocenters. The number of hydrogen-bond acceptors (Lipinski definition) is 4. The van der Waals surface area contributed by atoms with Crippen molar-refractivity contribution in [1.82, 2.24) is 10.3 Å². The van der Waals surface area contributed by atoms with Gasteiger partial charge in [0.1, 0.15) is 0 Å². The van der Waals surface area contributed by atoms with Crippen LogP contribution in [0.2, 0.25) is 0 Å². The van der Waals surface area contributed by atoms with Gasteiger partial charge in [0.25, 0.3) is 0 Å². The topological polar surface area (TPSA) is 45.2 Å². The summed E-state index contributed by atoms with van der Waals surface area (Å²) in [5.74, 6) is 0.170. The van der Waals surface area contributed by atoms with E-state index in [1.54, 1.807) is 17.4 Å². The number of carbonyl (C=O) groups excluding carboxylic acids is 1. The lowest BCUT2D eigenvalue weighted by Crippen LogP contribution is -2.43. The summed E-state index contributed by atoms with van der Waals surface area (Å²) in [6, 6.07) is 6.34. The van der Waals surface area contributed by atoms with Gasteiger partial charge in [0, 0.05) is 19.6 Å². The molecule has 1 fully saturated rings. The molecule has 2 heterocycles. The fourth-order valence-electron chi connectivity index (χ4n) is 2.84. The minimum atomic E-state index is 0.0439. The summed E-state index contributed by atoms with van der Waals surface area (Å²) in [6.45, 7) is 8.00. The molecule has 1 aliphatic rings. The van der Waals surface area contributed by atoms with Crippen LogP contribution in [-0.4, -0.2) is 30.5 Å². The van der Waals surface area contributed by atoms with Gasteiger partial charge in [-0.05, 0) is 37.5 Å². The molecule has 0 radical (unpaired) electrons. The van der Waals surface area contributed by atoms with Gasteiger partial charge in [0.2, 0.25) is 5.91 Å². The Kier molecular flexibility index (Phi) is 4.43. The second-order valence-corrected chi connectivity index (χ2v) is 6.80. The second-order valence-electron chi connectivity index (χ2n) is 5.79. The molecule has 1 aliphatic heterocycles. The predicted octanol–water partition coefficient (Wildman–Crippen LogP) is 3.12. The van der Waals surface area contributed by atoms with Crippen molar-refractivity contribution in [2.45, 2.75) is 19.8 Å². The molecule has 22 heavy (non-hydrogen) atoms. The summed E-state index contributed by atoms with van der Waals surface area (Å²) in [6.07, 6.45) is 3.69. The number of rotatable bonds is 4. The van der Waals surface area contributed by atoms with Gasteiger partial charge in [-0.2, -0.15) is 0 Å². The van der Waals surface area contributed by atoms with E-state index in [0.717, 1.165) is 36.6 Å². The number of carbonyl (C=O) groups is 1. The Hall–Kier alpha value is -1.88. The number of fused-ring (bicyclic) bond motifs is 1. The standard InChI is InChI=1S/C17H21N3OS/c1-3-8-18-16(21)13-5-4-9-20(11-13)17-19-14-7-6-12(2)10-15(14)22-17/h3,6-7,10,13H,1,4-5,8-9,11H2,2H3,(H,18,21). The Morgan fingerprint density at radius 3 is 3.27 bits per heavy atom. The number of nitrogens with one attached hydrogen (secondary N) is 1. The maximum Gasteiger partial charge on any atom is 0.225 e. The lowest BCUT2D eigenvalue weighted by Gasteiger charge is -2.31. The van der Waals surface area contributed by atoms with Crippen molar-refractivity contribution in [2.75, 3.05) is 24.5 Å². The van der Waals surface area contributed by atoms with Crippen molar-refractivity contribution >= 4 is 32.6 Å². The quantitative estimate of drug-likeness (QED) is 0.882. The van der Waals surface area contributed by atoms with E-state index in [-0.39, 0.29) is 11.8 Å². The van der Waals surface area contributed by atoms with Crippen molar-refractivity contribution in [3.05, 3.63) is 36.4 Å². The Labute approximate surface area is 134 Å². The molecule has 1 saturated heterocycles. The Morgan fingerprint density at radius 1 is 1.59 bits per heavy atom. The maximum atomic E-state index is 12.1. The Balaban J connectivity index is 1.75. The molecule has 3 rings (SSSR count). The van der Waals surface area contributed by atoms with E-state index in [0.29, 0.717) is 6.54 Å². The lowest BCUT2D eigenvalue weighted by atomic mass is 9.97. The summed E-state index contributed by atoms with van der Waals surface area (Å²) in [4.78, 5) is 19.1. The summed E-state index contributed by atoms with van der Waals surface area (Å²) in [5.41, 5.74) is 2.30. The summed E-state index contributed by atoms with van der Waals surface area (Å²) >= 11 is 1.72. The van der Waals surface area contributed by atoms with Crippen LogP contribution >= 0.6 is 11.3 Å². The number of piperidine rings is 1. The average Bonchev–Trinajstić information content (AvgIpc) is 2.95. The molecule has 0 aliphatic carbocycles. The van der Waals surface area contributed by atoms with Gasteiger partial charge >= 0.3 is 0 Å². The highest BCUT2D eigenvalue weighted by Gasteiger charge is 2.27. The first-order valence-electron chi connectivity index (χ1n) is 7.68. The highest BCUT2D eigenvalue weighted by atomic mass is 32.1. The summed E-state index contributed by atoms with van der Waals surface area (Å²) in [7, 11) is 0. The van der Waals surface area contributed by atoms with Gasteiger partial charge in [-0.15, -0.1) is 6.58 Å². The number of thiazole rings is 1. The number of amides is 1. The van der Waals surface area contributed by atoms with Crippen LogP contribution in [0.15, 0.2) is 30.9 Å². The van der Waals surface area contributed by atoms with E-state index in [2.05, 4.69) is 41.9 Å². The first kappa shape index (κ1) is 15.0. The van der Waals surface area contributed by atoms with Gasteiger partial charge in [-0.3, -0.25) is 4.79 Å². The van der Waals surface area contributed by atoms with Gasteiger partial charge in [0.15, 0.2) is 5.13 Å². The van der Waals surface area contributed by atoms with Gasteiger partial charge in [-0.25, -0.2) is 4.98 Å². The van der Waals surface area contributed by atoms with E-state index < -0.39 is 0 Å². The number of anilines is 1. The molecule has 1 aromatic carbocycles. The molecule has 2 aromatic rings. The monoisotopic (exact) mass is 315 g/mol. The molecule has 4 nitrogen and oxygen atoms in total. The van der Waals surface area contributed by atoms with E-state index in [1.165, 1.54) is 10.3 Å². The SMILES string of the molecule is C=CCNC(=O)C1CCCN(c2nc3ccc(C)cc3s2)C1. The third-order valence-corrected chi connectivity index (χ3v) is 5.09. The van der Waals surface area contributed by atoms with E-state index in [4.69, 9.17) is 4.98 Å². The van der Waals surface area contributed by atoms with Gasteiger partial charge in [-0.1, -0.05) is 23.5 Å². The van der Waals surface area contributed by atoms with Crippen LogP contribution in [-0.2, 0) is 4.79 Å². The molecular weight excluding hydrogens is 294 g/mol. The molecule has 1 N–H and O–H groups in total. The molecular formula is C17H21N3OS. The fraction of sp³-hybridized carbons (Fsp3) is 0.412. The Morgan fingerprint density at radius 2 is 2.45 bits per heavy atom. The van der Waals surface area contributed by atoms with Crippen molar-refractivity contribution < 1.29 is 4.79 Å². The third-order valence-electron chi connectivity index (χ3n) is 4.02. The smallest absolute Gasteiger partial charge is 0.225 e. The normalized spacial score (nSPS) is 18.4. The van der Waals surface area contributed by atoms with Gasteiger partial charge < -0.3 is 10.2 Å². The van der Waals surface area contributed by atoms with Crippen LogP contribution in [0.25, 0.3) is 10.2 Å². The van der Waals surface area contributed by atoms with Crippen molar-refractivity contribution in [3.8, 4) is 0 Å². The first-order chi connectivity index (χ1) is 10.7. The molecule has 1 amide bonds. The van der Waals surface area contributed by atoms with E-state index in [9.17, 15) is 4.79 Å². The van der Waals surface area contributed by atoms with Crippen LogP contribution in [0.3, 0.4) is 0 Å².